The van der Waals surface area contributed by atoms with Gasteiger partial charge in [0.25, 0.3) is 0 Å². The Balaban J connectivity index is 2.31. The Kier molecular flexibility index (Phi) is 4.01. The fourth-order valence-electron chi connectivity index (χ4n) is 1.87. The van der Waals surface area contributed by atoms with E-state index in [2.05, 4.69) is 17.6 Å². The van der Waals surface area contributed by atoms with Crippen LogP contribution in [0.2, 0.25) is 0 Å². The largest absolute Gasteiger partial charge is 0.481 e. The zero-order valence-corrected chi connectivity index (χ0v) is 10.8. The van der Waals surface area contributed by atoms with Crippen LogP contribution < -0.4 is 10.6 Å². The number of urea groups is 1. The molecule has 0 spiro atoms. The second-order valence-electron chi connectivity index (χ2n) is 5.62. The van der Waals surface area contributed by atoms with Gasteiger partial charge < -0.3 is 15.7 Å². The van der Waals surface area contributed by atoms with Crippen LogP contribution in [0.3, 0.4) is 0 Å². The van der Waals surface area contributed by atoms with E-state index in [9.17, 15) is 9.59 Å². The molecule has 3 N–H and O–H groups in total. The van der Waals surface area contributed by atoms with Gasteiger partial charge in [-0.2, -0.15) is 0 Å². The van der Waals surface area contributed by atoms with E-state index in [4.69, 9.17) is 5.11 Å². The summed E-state index contributed by atoms with van der Waals surface area (Å²) in [5, 5.41) is 14.2. The van der Waals surface area contributed by atoms with E-state index in [1.165, 1.54) is 12.8 Å². The number of carboxylic acid groups (broad SMARTS) is 1. The van der Waals surface area contributed by atoms with Gasteiger partial charge in [-0.3, -0.25) is 4.79 Å². The summed E-state index contributed by atoms with van der Waals surface area (Å²) in [4.78, 5) is 22.2. The number of carbonyl (C=O) groups is 2. The molecule has 5 heteroatoms. The molecule has 0 bridgehead atoms. The van der Waals surface area contributed by atoms with Crippen LogP contribution in [0.4, 0.5) is 4.79 Å². The van der Waals surface area contributed by atoms with Gasteiger partial charge in [0.15, 0.2) is 0 Å². The molecule has 0 radical (unpaired) electrons. The molecular weight excluding hydrogens is 220 g/mol. The highest BCUT2D eigenvalue weighted by Crippen LogP contribution is 2.47. The second kappa shape index (κ2) is 4.94. The topological polar surface area (TPSA) is 78.4 Å². The van der Waals surface area contributed by atoms with E-state index in [1.54, 1.807) is 13.8 Å². The average molecular weight is 242 g/mol. The first-order chi connectivity index (χ1) is 7.79. The summed E-state index contributed by atoms with van der Waals surface area (Å²) < 4.78 is 0. The monoisotopic (exact) mass is 242 g/mol. The molecule has 2 amide bonds. The van der Waals surface area contributed by atoms with E-state index < -0.39 is 11.5 Å². The molecule has 1 aliphatic rings. The van der Waals surface area contributed by atoms with Gasteiger partial charge in [0.1, 0.15) is 0 Å². The van der Waals surface area contributed by atoms with Crippen molar-refractivity contribution in [2.45, 2.75) is 52.0 Å². The number of carbonyl (C=O) groups excluding carboxylic acids is 1. The molecule has 98 valence electrons. The van der Waals surface area contributed by atoms with Gasteiger partial charge in [-0.25, -0.2) is 4.79 Å². The van der Waals surface area contributed by atoms with Gasteiger partial charge in [-0.15, -0.1) is 0 Å². The Bertz CT molecular complexity index is 309. The molecule has 1 saturated carbocycles. The Morgan fingerprint density at radius 2 is 1.94 bits per heavy atom. The van der Waals surface area contributed by atoms with Crippen molar-refractivity contribution >= 4 is 12.0 Å². The first-order valence-corrected chi connectivity index (χ1v) is 6.06. The zero-order valence-electron chi connectivity index (χ0n) is 10.8. The molecule has 1 aliphatic carbocycles. The van der Waals surface area contributed by atoms with Crippen LogP contribution >= 0.6 is 0 Å². The molecule has 0 unspecified atom stereocenters. The van der Waals surface area contributed by atoms with Crippen molar-refractivity contribution in [1.29, 1.82) is 0 Å². The van der Waals surface area contributed by atoms with E-state index in [0.717, 1.165) is 6.42 Å². The lowest BCUT2D eigenvalue weighted by molar-refractivity contribution is -0.138. The second-order valence-corrected chi connectivity index (χ2v) is 5.62. The summed E-state index contributed by atoms with van der Waals surface area (Å²) in [6.07, 6.45) is 3.33. The maximum Gasteiger partial charge on any atom is 0.315 e. The van der Waals surface area contributed by atoms with Gasteiger partial charge in [0.05, 0.1) is 6.42 Å². The van der Waals surface area contributed by atoms with Gasteiger partial charge >= 0.3 is 12.0 Å². The molecule has 5 nitrogen and oxygen atoms in total. The predicted octanol–water partition coefficient (Wildman–Crippen LogP) is 1.73. The molecule has 0 aromatic carbocycles. The Labute approximate surface area is 102 Å². The minimum Gasteiger partial charge on any atom is -0.481 e. The standard InChI is InChI=1S/C12H22N2O3/c1-4-12(5-6-12)8-13-10(17)14-11(2,3)7-9(15)16/h4-8H2,1-3H3,(H,15,16)(H2,13,14,17). The summed E-state index contributed by atoms with van der Waals surface area (Å²) in [6.45, 7) is 6.21. The molecule has 0 aromatic rings. The van der Waals surface area contributed by atoms with Crippen LogP contribution in [0.15, 0.2) is 0 Å². The molecule has 0 aliphatic heterocycles. The number of nitrogens with one attached hydrogen (secondary N) is 2. The third kappa shape index (κ3) is 4.63. The average Bonchev–Trinajstić information content (AvgIpc) is 2.92. The van der Waals surface area contributed by atoms with Gasteiger partial charge in [-0.05, 0) is 38.5 Å². The molecule has 0 saturated heterocycles. The quantitative estimate of drug-likeness (QED) is 0.663. The van der Waals surface area contributed by atoms with Gasteiger partial charge in [-0.1, -0.05) is 6.92 Å². The van der Waals surface area contributed by atoms with Crippen LogP contribution in [0.5, 0.6) is 0 Å². The van der Waals surface area contributed by atoms with Crippen LogP contribution in [0.25, 0.3) is 0 Å². The number of hydrogen-bond donors (Lipinski definition) is 3. The van der Waals surface area contributed by atoms with Gasteiger partial charge in [0.2, 0.25) is 0 Å². The molecule has 1 rings (SSSR count). The Morgan fingerprint density at radius 1 is 1.35 bits per heavy atom. The fourth-order valence-corrected chi connectivity index (χ4v) is 1.87. The number of hydrogen-bond acceptors (Lipinski definition) is 2. The number of rotatable bonds is 6. The predicted molar refractivity (Wildman–Crippen MR) is 64.8 cm³/mol. The van der Waals surface area contributed by atoms with Crippen LogP contribution in [0, 0.1) is 5.41 Å². The minimum atomic E-state index is -0.914. The van der Waals surface area contributed by atoms with E-state index in [-0.39, 0.29) is 12.5 Å². The molecule has 1 fully saturated rings. The van der Waals surface area contributed by atoms with Crippen LogP contribution in [-0.2, 0) is 4.79 Å². The Hall–Kier alpha value is -1.26. The van der Waals surface area contributed by atoms with Crippen LogP contribution in [0.1, 0.15) is 46.5 Å². The molecule has 0 atom stereocenters. The molecular formula is C12H22N2O3. The summed E-state index contributed by atoms with van der Waals surface area (Å²) in [5.41, 5.74) is -0.423. The highest BCUT2D eigenvalue weighted by atomic mass is 16.4. The van der Waals surface area contributed by atoms with E-state index in [1.807, 2.05) is 0 Å². The van der Waals surface area contributed by atoms with E-state index in [0.29, 0.717) is 12.0 Å². The lowest BCUT2D eigenvalue weighted by Gasteiger charge is -2.25. The summed E-state index contributed by atoms with van der Waals surface area (Å²) >= 11 is 0. The lowest BCUT2D eigenvalue weighted by Crippen LogP contribution is -2.50. The van der Waals surface area contributed by atoms with E-state index >= 15 is 0 Å². The van der Waals surface area contributed by atoms with Gasteiger partial charge in [0, 0.05) is 12.1 Å². The third-order valence-electron chi connectivity index (χ3n) is 3.38. The summed E-state index contributed by atoms with van der Waals surface area (Å²) in [7, 11) is 0. The first kappa shape index (κ1) is 13.8. The third-order valence-corrected chi connectivity index (χ3v) is 3.38. The molecule has 17 heavy (non-hydrogen) atoms. The van der Waals surface area contributed by atoms with Crippen molar-refractivity contribution in [1.82, 2.24) is 10.6 Å². The van der Waals surface area contributed by atoms with Crippen molar-refractivity contribution in [3.05, 3.63) is 0 Å². The molecule has 0 aromatic heterocycles. The first-order valence-electron chi connectivity index (χ1n) is 6.06. The number of aliphatic carboxylic acids is 1. The summed E-state index contributed by atoms with van der Waals surface area (Å²) in [5.74, 6) is -0.914. The van der Waals surface area contributed by atoms with Crippen molar-refractivity contribution in [2.75, 3.05) is 6.54 Å². The fraction of sp³-hybridized carbons (Fsp3) is 0.833. The maximum atomic E-state index is 11.6. The zero-order chi connectivity index (χ0) is 13.1. The normalized spacial score (nSPS) is 17.4. The number of carboxylic acids is 1. The van der Waals surface area contributed by atoms with Crippen LogP contribution in [-0.4, -0.2) is 29.2 Å². The van der Waals surface area contributed by atoms with Crippen molar-refractivity contribution in [3.63, 3.8) is 0 Å². The minimum absolute atomic E-state index is 0.0840. The number of amides is 2. The maximum absolute atomic E-state index is 11.6. The van der Waals surface area contributed by atoms with Crippen molar-refractivity contribution in [2.24, 2.45) is 5.41 Å². The van der Waals surface area contributed by atoms with Crippen molar-refractivity contribution < 1.29 is 14.7 Å². The smallest absolute Gasteiger partial charge is 0.315 e. The highest BCUT2D eigenvalue weighted by molar-refractivity contribution is 5.76. The molecule has 0 heterocycles. The Morgan fingerprint density at radius 3 is 2.35 bits per heavy atom. The van der Waals surface area contributed by atoms with Crippen molar-refractivity contribution in [3.8, 4) is 0 Å². The SMILES string of the molecule is CCC1(CNC(=O)NC(C)(C)CC(=O)O)CC1. The summed E-state index contributed by atoms with van der Waals surface area (Å²) in [6, 6.07) is -0.282. The highest BCUT2D eigenvalue weighted by Gasteiger charge is 2.40. The lowest BCUT2D eigenvalue weighted by atomic mass is 10.0.